The number of ether oxygens (including phenoxy) is 1. The lowest BCUT2D eigenvalue weighted by Crippen LogP contribution is -2.35. The van der Waals surface area contributed by atoms with E-state index in [9.17, 15) is 0 Å². The predicted octanol–water partition coefficient (Wildman–Crippen LogP) is 6.23. The van der Waals surface area contributed by atoms with Crippen molar-refractivity contribution in [2.75, 3.05) is 0 Å². The Hall–Kier alpha value is -0.570. The molecule has 0 amide bonds. The fraction of sp³-hybridized carbons (Fsp3) is 0.714. The standard InChI is InChI=1S/C21H37NO.ClH/c1-15(2)13-21(8,14-16(3)4)23-17(5)18-11-9-10-12-19(18)20(6,7)22;/h9-12,15-17H,13-14,22H2,1-8H3;1H. The first kappa shape index (κ1) is 23.4. The maximum absolute atomic E-state index is 6.63. The zero-order valence-corrected chi connectivity index (χ0v) is 17.7. The average molecular weight is 356 g/mol. The number of halogens is 1. The maximum atomic E-state index is 6.63. The van der Waals surface area contributed by atoms with Gasteiger partial charge in [-0.2, -0.15) is 0 Å². The molecule has 2 N–H and O–H groups in total. The lowest BCUT2D eigenvalue weighted by molar-refractivity contribution is -0.0997. The van der Waals surface area contributed by atoms with E-state index in [1.54, 1.807) is 0 Å². The number of nitrogens with two attached hydrogens (primary N) is 1. The molecule has 140 valence electrons. The Balaban J connectivity index is 0.00000529. The molecule has 1 unspecified atom stereocenters. The lowest BCUT2D eigenvalue weighted by atomic mass is 9.85. The fourth-order valence-corrected chi connectivity index (χ4v) is 3.84. The van der Waals surface area contributed by atoms with E-state index in [4.69, 9.17) is 10.5 Å². The van der Waals surface area contributed by atoms with E-state index >= 15 is 0 Å². The Morgan fingerprint density at radius 3 is 1.79 bits per heavy atom. The zero-order chi connectivity index (χ0) is 17.8. The normalized spacial score (nSPS) is 14.0. The molecule has 1 aromatic carbocycles. The third kappa shape index (κ3) is 7.13. The molecule has 3 heteroatoms. The Morgan fingerprint density at radius 2 is 1.38 bits per heavy atom. The smallest absolute Gasteiger partial charge is 0.0807 e. The molecule has 1 aromatic rings. The maximum Gasteiger partial charge on any atom is 0.0807 e. The SMILES string of the molecule is CC(C)CC(C)(CC(C)C)OC(C)c1ccccc1C(C)(C)N.Cl. The second-order valence-corrected chi connectivity index (χ2v) is 8.71. The van der Waals surface area contributed by atoms with Crippen LogP contribution in [0.3, 0.4) is 0 Å². The van der Waals surface area contributed by atoms with Crippen molar-refractivity contribution in [1.82, 2.24) is 0 Å². The van der Waals surface area contributed by atoms with E-state index in [0.29, 0.717) is 11.8 Å². The van der Waals surface area contributed by atoms with Gasteiger partial charge in [0.05, 0.1) is 11.7 Å². The van der Waals surface area contributed by atoms with Crippen molar-refractivity contribution in [3.8, 4) is 0 Å². The summed E-state index contributed by atoms with van der Waals surface area (Å²) in [5.41, 5.74) is 8.28. The summed E-state index contributed by atoms with van der Waals surface area (Å²) in [6.07, 6.45) is 2.18. The molecule has 0 fully saturated rings. The molecule has 0 spiro atoms. The fourth-order valence-electron chi connectivity index (χ4n) is 3.84. The van der Waals surface area contributed by atoms with Crippen LogP contribution in [-0.4, -0.2) is 5.60 Å². The van der Waals surface area contributed by atoms with Crippen LogP contribution >= 0.6 is 12.4 Å². The van der Waals surface area contributed by atoms with Crippen molar-refractivity contribution < 1.29 is 4.74 Å². The summed E-state index contributed by atoms with van der Waals surface area (Å²) < 4.78 is 6.63. The third-order valence-electron chi connectivity index (χ3n) is 4.23. The summed E-state index contributed by atoms with van der Waals surface area (Å²) in [6, 6.07) is 8.41. The summed E-state index contributed by atoms with van der Waals surface area (Å²) in [7, 11) is 0. The van der Waals surface area contributed by atoms with Crippen LogP contribution in [-0.2, 0) is 10.3 Å². The van der Waals surface area contributed by atoms with Gasteiger partial charge in [-0.3, -0.25) is 0 Å². The highest BCUT2D eigenvalue weighted by atomic mass is 35.5. The first-order chi connectivity index (χ1) is 10.4. The van der Waals surface area contributed by atoms with E-state index in [0.717, 1.165) is 12.8 Å². The van der Waals surface area contributed by atoms with Crippen molar-refractivity contribution in [3.05, 3.63) is 35.4 Å². The minimum Gasteiger partial charge on any atom is -0.368 e. The Kier molecular flexibility index (Phi) is 9.00. The van der Waals surface area contributed by atoms with Crippen LogP contribution in [0.4, 0.5) is 0 Å². The molecule has 0 aliphatic carbocycles. The van der Waals surface area contributed by atoms with Gasteiger partial charge in [0.1, 0.15) is 0 Å². The molecular weight excluding hydrogens is 318 g/mol. The molecule has 0 bridgehead atoms. The van der Waals surface area contributed by atoms with Crippen molar-refractivity contribution in [2.45, 2.75) is 85.5 Å². The summed E-state index contributed by atoms with van der Waals surface area (Å²) in [5.74, 6) is 1.24. The molecule has 1 rings (SSSR count). The number of rotatable bonds is 8. The van der Waals surface area contributed by atoms with Gasteiger partial charge in [0, 0.05) is 5.54 Å². The molecule has 0 aromatic heterocycles. The second-order valence-electron chi connectivity index (χ2n) is 8.71. The van der Waals surface area contributed by atoms with Gasteiger partial charge >= 0.3 is 0 Å². The first-order valence-corrected chi connectivity index (χ1v) is 9.00. The highest BCUT2D eigenvalue weighted by Gasteiger charge is 2.31. The van der Waals surface area contributed by atoms with Crippen LogP contribution in [0.15, 0.2) is 24.3 Å². The van der Waals surface area contributed by atoms with E-state index in [1.807, 2.05) is 0 Å². The summed E-state index contributed by atoms with van der Waals surface area (Å²) in [5, 5.41) is 0. The third-order valence-corrected chi connectivity index (χ3v) is 4.23. The highest BCUT2D eigenvalue weighted by Crippen LogP contribution is 2.36. The number of hydrogen-bond donors (Lipinski definition) is 1. The lowest BCUT2D eigenvalue weighted by Gasteiger charge is -2.37. The van der Waals surface area contributed by atoms with Gasteiger partial charge in [0.25, 0.3) is 0 Å². The van der Waals surface area contributed by atoms with Gasteiger partial charge in [-0.15, -0.1) is 12.4 Å². The van der Waals surface area contributed by atoms with Gasteiger partial charge in [-0.05, 0) is 63.5 Å². The minimum atomic E-state index is -0.360. The summed E-state index contributed by atoms with van der Waals surface area (Å²) in [4.78, 5) is 0. The van der Waals surface area contributed by atoms with E-state index in [1.165, 1.54) is 11.1 Å². The second kappa shape index (κ2) is 9.22. The summed E-state index contributed by atoms with van der Waals surface area (Å²) >= 11 is 0. The molecule has 0 aliphatic rings. The first-order valence-electron chi connectivity index (χ1n) is 9.00. The minimum absolute atomic E-state index is 0. The van der Waals surface area contributed by atoms with E-state index in [-0.39, 0.29) is 29.7 Å². The van der Waals surface area contributed by atoms with Crippen LogP contribution in [0.2, 0.25) is 0 Å². The Bertz CT molecular complexity index is 481. The van der Waals surface area contributed by atoms with Gasteiger partial charge < -0.3 is 10.5 Å². The topological polar surface area (TPSA) is 35.2 Å². The van der Waals surface area contributed by atoms with Crippen LogP contribution in [0.5, 0.6) is 0 Å². The van der Waals surface area contributed by atoms with Gasteiger partial charge in [-0.25, -0.2) is 0 Å². The Morgan fingerprint density at radius 1 is 0.917 bits per heavy atom. The van der Waals surface area contributed by atoms with Gasteiger partial charge in [-0.1, -0.05) is 52.0 Å². The molecule has 2 nitrogen and oxygen atoms in total. The molecule has 0 aliphatic heterocycles. The quantitative estimate of drug-likeness (QED) is 0.599. The van der Waals surface area contributed by atoms with Crippen LogP contribution in [0.1, 0.15) is 85.5 Å². The predicted molar refractivity (Wildman–Crippen MR) is 108 cm³/mol. The Labute approximate surface area is 156 Å². The summed E-state index contributed by atoms with van der Waals surface area (Å²) in [6.45, 7) is 17.6. The van der Waals surface area contributed by atoms with Crippen molar-refractivity contribution in [1.29, 1.82) is 0 Å². The zero-order valence-electron chi connectivity index (χ0n) is 16.8. The molecule has 24 heavy (non-hydrogen) atoms. The molecule has 0 saturated heterocycles. The molecule has 1 atom stereocenters. The monoisotopic (exact) mass is 355 g/mol. The van der Waals surface area contributed by atoms with Crippen molar-refractivity contribution in [3.63, 3.8) is 0 Å². The molecule has 0 radical (unpaired) electrons. The van der Waals surface area contributed by atoms with Gasteiger partial charge in [0.2, 0.25) is 0 Å². The number of hydrogen-bond acceptors (Lipinski definition) is 2. The molecular formula is C21H38ClNO. The number of benzene rings is 1. The van der Waals surface area contributed by atoms with Crippen molar-refractivity contribution in [2.24, 2.45) is 17.6 Å². The largest absolute Gasteiger partial charge is 0.368 e. The average Bonchev–Trinajstić information content (AvgIpc) is 2.35. The van der Waals surface area contributed by atoms with Crippen LogP contribution < -0.4 is 5.73 Å². The van der Waals surface area contributed by atoms with Crippen molar-refractivity contribution >= 4 is 12.4 Å². The van der Waals surface area contributed by atoms with Gasteiger partial charge in [0.15, 0.2) is 0 Å². The highest BCUT2D eigenvalue weighted by molar-refractivity contribution is 5.85. The van der Waals surface area contributed by atoms with Crippen LogP contribution in [0, 0.1) is 11.8 Å². The van der Waals surface area contributed by atoms with E-state index < -0.39 is 0 Å². The molecule has 0 heterocycles. The molecule has 0 saturated carbocycles. The van der Waals surface area contributed by atoms with Crippen LogP contribution in [0.25, 0.3) is 0 Å². The van der Waals surface area contributed by atoms with E-state index in [2.05, 4.69) is 79.7 Å².